The molecule has 0 bridgehead atoms. The maximum atomic E-state index is 11.4. The van der Waals surface area contributed by atoms with Crippen molar-refractivity contribution >= 4 is 21.9 Å². The summed E-state index contributed by atoms with van der Waals surface area (Å²) >= 11 is 3.42. The normalized spacial score (nSPS) is 10.4. The minimum Gasteiger partial charge on any atom is -0.478 e. The molecule has 0 amide bonds. The number of aromatic carboxylic acids is 1. The number of allylic oxidation sites excluding steroid dienone is 1. The first kappa shape index (κ1) is 13.6. The largest absolute Gasteiger partial charge is 0.478 e. The van der Waals surface area contributed by atoms with E-state index in [-0.39, 0.29) is 0 Å². The van der Waals surface area contributed by atoms with Crippen LogP contribution in [0.3, 0.4) is 0 Å². The van der Waals surface area contributed by atoms with Gasteiger partial charge in [0.15, 0.2) is 0 Å². The van der Waals surface area contributed by atoms with Crippen LogP contribution in [-0.2, 0) is 6.54 Å². The van der Waals surface area contributed by atoms with Crippen LogP contribution >= 0.6 is 15.9 Å². The van der Waals surface area contributed by atoms with Crippen LogP contribution in [0.5, 0.6) is 0 Å². The van der Waals surface area contributed by atoms with E-state index in [1.807, 2.05) is 41.8 Å². The number of carbonyl (C=O) groups is 1. The average molecular weight is 320 g/mol. The quantitative estimate of drug-likeness (QED) is 0.862. The van der Waals surface area contributed by atoms with Gasteiger partial charge in [-0.1, -0.05) is 36.4 Å². The van der Waals surface area contributed by atoms with Gasteiger partial charge in [-0.15, -0.1) is 6.58 Å². The molecule has 0 saturated heterocycles. The Morgan fingerprint density at radius 1 is 1.42 bits per heavy atom. The summed E-state index contributed by atoms with van der Waals surface area (Å²) in [4.78, 5) is 11.4. The van der Waals surface area contributed by atoms with Gasteiger partial charge in [0.2, 0.25) is 0 Å². The maximum absolute atomic E-state index is 11.4. The van der Waals surface area contributed by atoms with Crippen molar-refractivity contribution in [2.24, 2.45) is 0 Å². The third-order valence-corrected chi connectivity index (χ3v) is 3.81. The Morgan fingerprint density at radius 2 is 2.05 bits per heavy atom. The van der Waals surface area contributed by atoms with Gasteiger partial charge >= 0.3 is 5.97 Å². The highest BCUT2D eigenvalue weighted by Gasteiger charge is 2.23. The molecular formula is C15H14BrNO2. The predicted octanol–water partition coefficient (Wildman–Crippen LogP) is 4.11. The molecule has 1 heterocycles. The molecule has 0 fully saturated rings. The van der Waals surface area contributed by atoms with E-state index < -0.39 is 5.97 Å². The first-order valence-corrected chi connectivity index (χ1v) is 6.65. The number of nitrogens with zero attached hydrogens (tertiary/aromatic N) is 1. The van der Waals surface area contributed by atoms with Crippen molar-refractivity contribution in [3.8, 4) is 11.3 Å². The molecule has 0 unspecified atom stereocenters. The standard InChI is InChI=1S/C15H14BrNO2/c1-3-9-17-10(2)12(15(18)19)13(16)14(17)11-7-5-4-6-8-11/h3-8H,1,9H2,2H3,(H,18,19). The van der Waals surface area contributed by atoms with Gasteiger partial charge in [-0.25, -0.2) is 4.79 Å². The zero-order valence-electron chi connectivity index (χ0n) is 10.6. The summed E-state index contributed by atoms with van der Waals surface area (Å²) in [5.41, 5.74) is 2.88. The molecule has 2 rings (SSSR count). The van der Waals surface area contributed by atoms with E-state index in [9.17, 15) is 9.90 Å². The maximum Gasteiger partial charge on any atom is 0.338 e. The molecule has 0 radical (unpaired) electrons. The lowest BCUT2D eigenvalue weighted by atomic mass is 10.1. The number of hydrogen-bond acceptors (Lipinski definition) is 1. The summed E-state index contributed by atoms with van der Waals surface area (Å²) in [6, 6.07) is 9.73. The number of carboxylic acids is 1. The predicted molar refractivity (Wildman–Crippen MR) is 79.5 cm³/mol. The average Bonchev–Trinajstić information content (AvgIpc) is 2.63. The lowest BCUT2D eigenvalue weighted by molar-refractivity contribution is 0.0695. The van der Waals surface area contributed by atoms with Crippen LogP contribution in [0.15, 0.2) is 47.5 Å². The molecule has 0 aliphatic heterocycles. The highest BCUT2D eigenvalue weighted by Crippen LogP contribution is 2.35. The van der Waals surface area contributed by atoms with Crippen molar-refractivity contribution in [3.63, 3.8) is 0 Å². The molecule has 0 spiro atoms. The second-order valence-corrected chi connectivity index (χ2v) is 4.99. The minimum absolute atomic E-state index is 0.306. The molecule has 3 nitrogen and oxygen atoms in total. The lowest BCUT2D eigenvalue weighted by Gasteiger charge is -2.09. The van der Waals surface area contributed by atoms with Gasteiger partial charge in [-0.3, -0.25) is 0 Å². The fourth-order valence-corrected chi connectivity index (χ4v) is 3.08. The van der Waals surface area contributed by atoms with E-state index in [0.29, 0.717) is 16.6 Å². The molecule has 0 aliphatic carbocycles. The minimum atomic E-state index is -0.927. The molecule has 0 aliphatic rings. The Morgan fingerprint density at radius 3 is 2.58 bits per heavy atom. The molecule has 98 valence electrons. The topological polar surface area (TPSA) is 42.2 Å². The van der Waals surface area contributed by atoms with Crippen LogP contribution < -0.4 is 0 Å². The zero-order chi connectivity index (χ0) is 14.0. The molecule has 2 aromatic rings. The van der Waals surface area contributed by atoms with Crippen molar-refractivity contribution in [2.45, 2.75) is 13.5 Å². The summed E-state index contributed by atoms with van der Waals surface area (Å²) in [6.45, 7) is 6.11. The summed E-state index contributed by atoms with van der Waals surface area (Å²) < 4.78 is 2.57. The van der Waals surface area contributed by atoms with Gasteiger partial charge in [-0.2, -0.15) is 0 Å². The van der Waals surface area contributed by atoms with Crippen molar-refractivity contribution < 1.29 is 9.90 Å². The molecule has 0 saturated carbocycles. The second kappa shape index (κ2) is 5.45. The van der Waals surface area contributed by atoms with E-state index >= 15 is 0 Å². The zero-order valence-corrected chi connectivity index (χ0v) is 12.1. The van der Waals surface area contributed by atoms with Gasteiger partial charge in [0, 0.05) is 12.2 Å². The van der Waals surface area contributed by atoms with Crippen LogP contribution in [-0.4, -0.2) is 15.6 Å². The van der Waals surface area contributed by atoms with Crippen LogP contribution in [0.1, 0.15) is 16.1 Å². The van der Waals surface area contributed by atoms with Crippen LogP contribution in [0.4, 0.5) is 0 Å². The van der Waals surface area contributed by atoms with E-state index in [1.165, 1.54) is 0 Å². The van der Waals surface area contributed by atoms with Crippen LogP contribution in [0.2, 0.25) is 0 Å². The van der Waals surface area contributed by atoms with Crippen molar-refractivity contribution in [1.82, 2.24) is 4.57 Å². The summed E-state index contributed by atoms with van der Waals surface area (Å²) in [5, 5.41) is 9.33. The van der Waals surface area contributed by atoms with E-state index in [4.69, 9.17) is 0 Å². The smallest absolute Gasteiger partial charge is 0.338 e. The Hall–Kier alpha value is -1.81. The summed E-state index contributed by atoms with van der Waals surface area (Å²) in [6.07, 6.45) is 1.76. The van der Waals surface area contributed by atoms with Gasteiger partial charge in [-0.05, 0) is 28.4 Å². The monoisotopic (exact) mass is 319 g/mol. The van der Waals surface area contributed by atoms with Crippen LogP contribution in [0, 0.1) is 6.92 Å². The van der Waals surface area contributed by atoms with E-state index in [0.717, 1.165) is 17.0 Å². The Balaban J connectivity index is 2.75. The lowest BCUT2D eigenvalue weighted by Crippen LogP contribution is -2.03. The van der Waals surface area contributed by atoms with Crippen LogP contribution in [0.25, 0.3) is 11.3 Å². The fraction of sp³-hybridized carbons (Fsp3) is 0.133. The van der Waals surface area contributed by atoms with E-state index in [2.05, 4.69) is 22.5 Å². The van der Waals surface area contributed by atoms with E-state index in [1.54, 1.807) is 6.08 Å². The molecule has 1 aromatic heterocycles. The SMILES string of the molecule is C=CCn1c(C)c(C(=O)O)c(Br)c1-c1ccccc1. The molecule has 1 N–H and O–H groups in total. The molecule has 1 aromatic carbocycles. The second-order valence-electron chi connectivity index (χ2n) is 4.19. The third-order valence-electron chi connectivity index (χ3n) is 3.04. The number of hydrogen-bond donors (Lipinski definition) is 1. The molecule has 4 heteroatoms. The van der Waals surface area contributed by atoms with Crippen molar-refractivity contribution in [3.05, 3.63) is 58.7 Å². The van der Waals surface area contributed by atoms with Crippen molar-refractivity contribution in [1.29, 1.82) is 0 Å². The van der Waals surface area contributed by atoms with Gasteiger partial charge in [0.25, 0.3) is 0 Å². The highest BCUT2D eigenvalue weighted by molar-refractivity contribution is 9.10. The first-order chi connectivity index (χ1) is 9.07. The highest BCUT2D eigenvalue weighted by atomic mass is 79.9. The first-order valence-electron chi connectivity index (χ1n) is 5.86. The van der Waals surface area contributed by atoms with Crippen molar-refractivity contribution in [2.75, 3.05) is 0 Å². The summed E-state index contributed by atoms with van der Waals surface area (Å²) in [7, 11) is 0. The molecule has 19 heavy (non-hydrogen) atoms. The molecule has 0 atom stereocenters. The van der Waals surface area contributed by atoms with Gasteiger partial charge in [0.05, 0.1) is 15.7 Å². The Bertz CT molecular complexity index is 629. The number of rotatable bonds is 4. The van der Waals surface area contributed by atoms with Gasteiger partial charge in [0.1, 0.15) is 0 Å². The number of aromatic nitrogens is 1. The summed E-state index contributed by atoms with van der Waals surface area (Å²) in [5.74, 6) is -0.927. The number of benzene rings is 1. The van der Waals surface area contributed by atoms with Gasteiger partial charge < -0.3 is 9.67 Å². The Labute approximate surface area is 120 Å². The fourth-order valence-electron chi connectivity index (χ4n) is 2.18. The molecular weight excluding hydrogens is 306 g/mol. The Kier molecular flexibility index (Phi) is 3.90. The number of carboxylic acid groups (broad SMARTS) is 1. The number of halogens is 1. The third kappa shape index (κ3) is 2.36.